The molecule has 0 amide bonds. The molecule has 2 unspecified atom stereocenters. The fourth-order valence-corrected chi connectivity index (χ4v) is 2.12. The normalized spacial score (nSPS) is 20.4. The second-order valence-corrected chi connectivity index (χ2v) is 5.47. The predicted octanol–water partition coefficient (Wildman–Crippen LogP) is 3.48. The summed E-state index contributed by atoms with van der Waals surface area (Å²) in [5, 5.41) is 3.12. The lowest BCUT2D eigenvalue weighted by molar-refractivity contribution is -0.137. The Kier molecular flexibility index (Phi) is 6.22. The number of rotatable bonds is 2. The molecule has 2 rings (SSSR count). The molecule has 124 valence electrons. The number of alkyl halides is 3. The first-order valence-electron chi connectivity index (χ1n) is 6.97. The number of ether oxygens (including phenoxy) is 1. The van der Waals surface area contributed by atoms with Crippen molar-refractivity contribution < 1.29 is 22.7 Å². The molecule has 2 atom stereocenters. The molecule has 3 N–H and O–H groups in total. The molecule has 1 aromatic carbocycles. The lowest BCUT2D eigenvalue weighted by atomic mass is 9.93. The van der Waals surface area contributed by atoms with Gasteiger partial charge in [0.2, 0.25) is 0 Å². The molecule has 0 aliphatic carbocycles. The Balaban J connectivity index is 0.000000346. The second-order valence-electron chi connectivity index (χ2n) is 5.47. The van der Waals surface area contributed by atoms with E-state index in [0.29, 0.717) is 24.1 Å². The average Bonchev–Trinajstić information content (AvgIpc) is 2.37. The molecule has 0 fully saturated rings. The quantitative estimate of drug-likeness (QED) is 0.820. The molecular formula is C15H21F3N2O2. The molecule has 0 aromatic heterocycles. The summed E-state index contributed by atoms with van der Waals surface area (Å²) < 4.78 is 41.9. The summed E-state index contributed by atoms with van der Waals surface area (Å²) in [6.07, 6.45) is -3.63. The molecule has 0 saturated heterocycles. The minimum absolute atomic E-state index is 0.0301. The maximum Gasteiger partial charge on any atom is 0.416 e. The Morgan fingerprint density at radius 2 is 2.05 bits per heavy atom. The van der Waals surface area contributed by atoms with Crippen LogP contribution in [0, 0.1) is 0 Å². The van der Waals surface area contributed by atoms with Gasteiger partial charge in [-0.1, -0.05) is 0 Å². The lowest BCUT2D eigenvalue weighted by Gasteiger charge is -2.29. The van der Waals surface area contributed by atoms with E-state index in [-0.39, 0.29) is 18.2 Å². The van der Waals surface area contributed by atoms with Crippen molar-refractivity contribution in [2.24, 2.45) is 5.73 Å². The third kappa shape index (κ3) is 5.22. The van der Waals surface area contributed by atoms with E-state index in [9.17, 15) is 18.0 Å². The topological polar surface area (TPSA) is 64.3 Å². The molecular weight excluding hydrogens is 297 g/mol. The zero-order chi connectivity index (χ0) is 16.9. The van der Waals surface area contributed by atoms with E-state index in [2.05, 4.69) is 10.1 Å². The molecule has 0 radical (unpaired) electrons. The van der Waals surface area contributed by atoms with Gasteiger partial charge in [-0.15, -0.1) is 0 Å². The van der Waals surface area contributed by atoms with Crippen molar-refractivity contribution in [2.75, 3.05) is 5.32 Å². The van der Waals surface area contributed by atoms with Gasteiger partial charge in [0, 0.05) is 17.8 Å². The predicted molar refractivity (Wildman–Crippen MR) is 78.4 cm³/mol. The highest BCUT2D eigenvalue weighted by molar-refractivity contribution is 5.57. The number of benzene rings is 1. The van der Waals surface area contributed by atoms with Gasteiger partial charge >= 0.3 is 6.18 Å². The van der Waals surface area contributed by atoms with Gasteiger partial charge in [-0.05, 0) is 51.0 Å². The van der Waals surface area contributed by atoms with Crippen molar-refractivity contribution in [1.82, 2.24) is 0 Å². The maximum absolute atomic E-state index is 12.5. The van der Waals surface area contributed by atoms with Gasteiger partial charge in [0.1, 0.15) is 0 Å². The summed E-state index contributed by atoms with van der Waals surface area (Å²) in [5.41, 5.74) is 6.46. The number of nitrogens with one attached hydrogen (secondary N) is 1. The number of fused-ring (bicyclic) bond motifs is 1. The van der Waals surface area contributed by atoms with Gasteiger partial charge in [-0.2, -0.15) is 13.2 Å². The molecule has 1 aliphatic rings. The van der Waals surface area contributed by atoms with Crippen molar-refractivity contribution >= 4 is 12.2 Å². The van der Waals surface area contributed by atoms with Gasteiger partial charge in [-0.3, -0.25) is 4.79 Å². The summed E-state index contributed by atoms with van der Waals surface area (Å²) in [5.74, 6) is 0. The largest absolute Gasteiger partial charge is 0.465 e. The Morgan fingerprint density at radius 3 is 2.50 bits per heavy atom. The van der Waals surface area contributed by atoms with Gasteiger partial charge in [0.05, 0.1) is 11.7 Å². The number of anilines is 1. The first kappa shape index (κ1) is 18.3. The standard InChI is InChI=1S/C11H13F3N2.C4H8O2/c1-6-4-9(15)8-5-7(11(12,13)14)2-3-10(8)16-6;1-4(2)6-3-5/h2-3,5-6,9,16H,4,15H2,1H3;3-4H,1-2H3. The minimum Gasteiger partial charge on any atom is -0.465 e. The summed E-state index contributed by atoms with van der Waals surface area (Å²) in [7, 11) is 0. The van der Waals surface area contributed by atoms with E-state index in [1.165, 1.54) is 6.07 Å². The zero-order valence-electron chi connectivity index (χ0n) is 12.8. The van der Waals surface area contributed by atoms with E-state index < -0.39 is 11.7 Å². The van der Waals surface area contributed by atoms with Crippen molar-refractivity contribution in [3.63, 3.8) is 0 Å². The first-order chi connectivity index (χ1) is 10.1. The lowest BCUT2D eigenvalue weighted by Crippen LogP contribution is -2.29. The van der Waals surface area contributed by atoms with Crippen LogP contribution in [0.15, 0.2) is 18.2 Å². The Bertz CT molecular complexity index is 504. The molecule has 4 nitrogen and oxygen atoms in total. The molecule has 0 bridgehead atoms. The summed E-state index contributed by atoms with van der Waals surface area (Å²) >= 11 is 0. The number of hydrogen-bond donors (Lipinski definition) is 2. The average molecular weight is 318 g/mol. The highest BCUT2D eigenvalue weighted by atomic mass is 19.4. The second kappa shape index (κ2) is 7.49. The van der Waals surface area contributed by atoms with Crippen LogP contribution >= 0.6 is 0 Å². The smallest absolute Gasteiger partial charge is 0.416 e. The van der Waals surface area contributed by atoms with Gasteiger partial charge < -0.3 is 15.8 Å². The van der Waals surface area contributed by atoms with Crippen LogP contribution in [0.2, 0.25) is 0 Å². The third-order valence-corrected chi connectivity index (χ3v) is 3.12. The van der Waals surface area contributed by atoms with Gasteiger partial charge in [-0.25, -0.2) is 0 Å². The van der Waals surface area contributed by atoms with E-state index in [1.54, 1.807) is 13.8 Å². The number of carbonyl (C=O) groups excluding carboxylic acids is 1. The van der Waals surface area contributed by atoms with Crippen LogP contribution in [0.4, 0.5) is 18.9 Å². The summed E-state index contributed by atoms with van der Waals surface area (Å²) in [6.45, 7) is 6.01. The van der Waals surface area contributed by atoms with Crippen LogP contribution in [0.3, 0.4) is 0 Å². The van der Waals surface area contributed by atoms with Gasteiger partial charge in [0.25, 0.3) is 6.47 Å². The van der Waals surface area contributed by atoms with Crippen molar-refractivity contribution in [1.29, 1.82) is 0 Å². The van der Waals surface area contributed by atoms with E-state index in [0.717, 1.165) is 12.1 Å². The van der Waals surface area contributed by atoms with Gasteiger partial charge in [0.15, 0.2) is 0 Å². The van der Waals surface area contributed by atoms with E-state index >= 15 is 0 Å². The van der Waals surface area contributed by atoms with Crippen molar-refractivity contribution in [2.45, 2.75) is 51.6 Å². The fraction of sp³-hybridized carbons (Fsp3) is 0.533. The van der Waals surface area contributed by atoms with Crippen LogP contribution in [0.25, 0.3) is 0 Å². The minimum atomic E-state index is -4.31. The zero-order valence-corrected chi connectivity index (χ0v) is 12.8. The third-order valence-electron chi connectivity index (χ3n) is 3.12. The fourth-order valence-electron chi connectivity index (χ4n) is 2.12. The Labute approximate surface area is 127 Å². The van der Waals surface area contributed by atoms with Crippen molar-refractivity contribution in [3.8, 4) is 0 Å². The van der Waals surface area contributed by atoms with Crippen LogP contribution in [-0.2, 0) is 15.7 Å². The first-order valence-corrected chi connectivity index (χ1v) is 6.97. The highest BCUT2D eigenvalue weighted by Crippen LogP contribution is 2.36. The number of nitrogens with two attached hydrogens (primary N) is 1. The molecule has 1 aromatic rings. The molecule has 22 heavy (non-hydrogen) atoms. The molecule has 1 heterocycles. The van der Waals surface area contributed by atoms with Crippen molar-refractivity contribution in [3.05, 3.63) is 29.3 Å². The van der Waals surface area contributed by atoms with E-state index in [1.807, 2.05) is 6.92 Å². The van der Waals surface area contributed by atoms with Crippen LogP contribution < -0.4 is 11.1 Å². The monoisotopic (exact) mass is 318 g/mol. The van der Waals surface area contributed by atoms with Crippen LogP contribution in [-0.4, -0.2) is 18.6 Å². The van der Waals surface area contributed by atoms with Crippen LogP contribution in [0.1, 0.15) is 44.4 Å². The molecule has 1 aliphatic heterocycles. The molecule has 0 saturated carbocycles. The summed E-state index contributed by atoms with van der Waals surface area (Å²) in [4.78, 5) is 9.39. The Hall–Kier alpha value is -1.76. The number of halogens is 3. The van der Waals surface area contributed by atoms with E-state index in [4.69, 9.17) is 5.73 Å². The SMILES string of the molecule is CC(C)OC=O.CC1CC(N)c2cc(C(F)(F)F)ccc2N1. The highest BCUT2D eigenvalue weighted by Gasteiger charge is 2.32. The number of hydrogen-bond acceptors (Lipinski definition) is 4. The maximum atomic E-state index is 12.5. The molecule has 0 spiro atoms. The number of carbonyl (C=O) groups is 1. The summed E-state index contributed by atoms with van der Waals surface area (Å²) in [6, 6.07) is 3.54. The molecule has 7 heteroatoms. The Morgan fingerprint density at radius 1 is 1.41 bits per heavy atom. The van der Waals surface area contributed by atoms with Crippen LogP contribution in [0.5, 0.6) is 0 Å².